The molecule has 0 radical (unpaired) electrons. The fourth-order valence-corrected chi connectivity index (χ4v) is 5.46. The number of benzene rings is 1. The lowest BCUT2D eigenvalue weighted by Crippen LogP contribution is -2.53. The van der Waals surface area contributed by atoms with Gasteiger partial charge in [-0.3, -0.25) is 14.3 Å². The summed E-state index contributed by atoms with van der Waals surface area (Å²) in [6.45, 7) is 10.9. The fourth-order valence-electron chi connectivity index (χ4n) is 4.01. The van der Waals surface area contributed by atoms with E-state index in [2.05, 4.69) is 11.3 Å². The van der Waals surface area contributed by atoms with E-state index < -0.39 is 15.6 Å². The number of piperazine rings is 1. The highest BCUT2D eigenvalue weighted by molar-refractivity contribution is 7.89. The van der Waals surface area contributed by atoms with Crippen molar-refractivity contribution < 1.29 is 23.1 Å². The Kier molecular flexibility index (Phi) is 8.22. The molecule has 0 atom stereocenters. The molecule has 2 N–H and O–H groups in total. The summed E-state index contributed by atoms with van der Waals surface area (Å²) in [7, 11) is -3.47. The number of rotatable bonds is 9. The Balaban J connectivity index is 1.63. The van der Waals surface area contributed by atoms with Gasteiger partial charge in [0.2, 0.25) is 10.0 Å². The molecule has 0 unspecified atom stereocenters. The second-order valence-electron chi connectivity index (χ2n) is 9.66. The Morgan fingerprint density at radius 3 is 2.14 bits per heavy atom. The highest BCUT2D eigenvalue weighted by atomic mass is 32.2. The van der Waals surface area contributed by atoms with Crippen LogP contribution in [0.5, 0.6) is 0 Å². The van der Waals surface area contributed by atoms with Crippen LogP contribution in [0.3, 0.4) is 0 Å². The van der Waals surface area contributed by atoms with Gasteiger partial charge in [0, 0.05) is 37.4 Å². The number of allylic oxidation sites excluding steroid dienone is 4. The molecule has 3 rings (SSSR count). The number of nitrogens with one attached hydrogen (secondary N) is 1. The molecule has 1 aromatic carbocycles. The lowest BCUT2D eigenvalue weighted by molar-refractivity contribution is -0.143. The van der Waals surface area contributed by atoms with Crippen molar-refractivity contribution in [3.63, 3.8) is 0 Å². The van der Waals surface area contributed by atoms with Gasteiger partial charge in [-0.05, 0) is 61.1 Å². The maximum absolute atomic E-state index is 12.9. The lowest BCUT2D eigenvalue weighted by Gasteiger charge is -2.35. The van der Waals surface area contributed by atoms with Crippen LogP contribution in [-0.4, -0.2) is 72.7 Å². The first-order valence-electron chi connectivity index (χ1n) is 11.9. The Bertz CT molecular complexity index is 1120. The van der Waals surface area contributed by atoms with Crippen molar-refractivity contribution in [3.8, 4) is 0 Å². The van der Waals surface area contributed by atoms with Crippen molar-refractivity contribution >= 4 is 27.4 Å². The number of amides is 2. The van der Waals surface area contributed by atoms with Gasteiger partial charge < -0.3 is 14.9 Å². The van der Waals surface area contributed by atoms with E-state index >= 15 is 0 Å². The van der Waals surface area contributed by atoms with E-state index in [4.69, 9.17) is 0 Å². The second kappa shape index (κ2) is 10.8. The average molecular weight is 502 g/mol. The summed E-state index contributed by atoms with van der Waals surface area (Å²) < 4.78 is 27.3. The second-order valence-corrected chi connectivity index (χ2v) is 11.4. The molecule has 2 fully saturated rings. The monoisotopic (exact) mass is 501 g/mol. The van der Waals surface area contributed by atoms with Crippen molar-refractivity contribution in [1.29, 1.82) is 0 Å². The number of nitrogens with zero attached hydrogens (tertiary/aromatic N) is 2. The molecule has 2 aliphatic rings. The van der Waals surface area contributed by atoms with Crippen LogP contribution in [0.2, 0.25) is 0 Å². The average Bonchev–Trinajstić information content (AvgIpc) is 3.55. The van der Waals surface area contributed by atoms with Gasteiger partial charge >= 0.3 is 0 Å². The van der Waals surface area contributed by atoms with E-state index in [9.17, 15) is 23.1 Å². The quantitative estimate of drug-likeness (QED) is 0.506. The Morgan fingerprint density at radius 2 is 1.63 bits per heavy atom. The predicted octanol–water partition coefficient (Wildman–Crippen LogP) is 2.54. The number of sulfonamides is 1. The van der Waals surface area contributed by atoms with Gasteiger partial charge in [0.05, 0.1) is 5.75 Å². The third-order valence-corrected chi connectivity index (χ3v) is 7.71. The fraction of sp³-hybridized carbons (Fsp3) is 0.462. The first-order valence-corrected chi connectivity index (χ1v) is 13.5. The van der Waals surface area contributed by atoms with Crippen molar-refractivity contribution in [2.24, 2.45) is 5.92 Å². The van der Waals surface area contributed by atoms with Crippen LogP contribution in [0.1, 0.15) is 49.5 Å². The standard InChI is InChI=1S/C26H35N3O5S/c1-5-6-23(27-35(33,34)18-19(2)3)17-20(4)21-7-9-22(10-8-21)24(30)28-13-15-29(16-14-28)25(31)26(32)11-12-26/h5-10,17,19,27,32H,1,11-16,18H2,2-4H3/b20-17+,23-6+. The van der Waals surface area contributed by atoms with Crippen molar-refractivity contribution in [2.45, 2.75) is 39.2 Å². The smallest absolute Gasteiger partial charge is 0.254 e. The Labute approximate surface area is 208 Å². The number of hydrogen-bond donors (Lipinski definition) is 2. The molecule has 2 amide bonds. The normalized spacial score (nSPS) is 18.4. The first-order chi connectivity index (χ1) is 16.4. The molecule has 8 nitrogen and oxygen atoms in total. The topological polar surface area (TPSA) is 107 Å². The SMILES string of the molecule is C=C/C=C(\C=C(/C)c1ccc(C(=O)N2CCN(C(=O)C3(O)CC3)CC2)cc1)NS(=O)(=O)CC(C)C. The maximum Gasteiger partial charge on any atom is 0.254 e. The molecule has 0 aromatic heterocycles. The van der Waals surface area contributed by atoms with E-state index in [1.165, 1.54) is 6.08 Å². The van der Waals surface area contributed by atoms with Gasteiger partial charge in [0.15, 0.2) is 0 Å². The molecular weight excluding hydrogens is 466 g/mol. The van der Waals surface area contributed by atoms with Crippen LogP contribution in [-0.2, 0) is 14.8 Å². The molecular formula is C26H35N3O5S. The third kappa shape index (κ3) is 7.05. The summed E-state index contributed by atoms with van der Waals surface area (Å²) in [5.74, 6) is -0.314. The van der Waals surface area contributed by atoms with Crippen molar-refractivity contribution in [3.05, 3.63) is 65.9 Å². The van der Waals surface area contributed by atoms with E-state index in [0.717, 1.165) is 11.1 Å². The van der Waals surface area contributed by atoms with E-state index in [1.807, 2.05) is 32.9 Å². The van der Waals surface area contributed by atoms with Crippen LogP contribution >= 0.6 is 0 Å². The van der Waals surface area contributed by atoms with E-state index in [0.29, 0.717) is 50.3 Å². The van der Waals surface area contributed by atoms with E-state index in [-0.39, 0.29) is 23.5 Å². The molecule has 35 heavy (non-hydrogen) atoms. The minimum atomic E-state index is -3.47. The molecule has 1 saturated heterocycles. The summed E-state index contributed by atoms with van der Waals surface area (Å²) >= 11 is 0. The number of hydrogen-bond acceptors (Lipinski definition) is 5. The summed E-state index contributed by atoms with van der Waals surface area (Å²) in [6, 6.07) is 7.16. The molecule has 190 valence electrons. The highest BCUT2D eigenvalue weighted by Crippen LogP contribution is 2.37. The summed E-state index contributed by atoms with van der Waals surface area (Å²) in [4.78, 5) is 28.6. The van der Waals surface area contributed by atoms with Crippen LogP contribution in [0, 0.1) is 5.92 Å². The number of carbonyl (C=O) groups is 2. The molecule has 1 aliphatic heterocycles. The van der Waals surface area contributed by atoms with Gasteiger partial charge in [-0.1, -0.05) is 38.6 Å². The Hall–Kier alpha value is -2.91. The van der Waals surface area contributed by atoms with Crippen molar-refractivity contribution in [2.75, 3.05) is 31.9 Å². The van der Waals surface area contributed by atoms with Crippen LogP contribution < -0.4 is 4.72 Å². The van der Waals surface area contributed by atoms with Crippen molar-refractivity contribution in [1.82, 2.24) is 14.5 Å². The largest absolute Gasteiger partial charge is 0.380 e. The first kappa shape index (κ1) is 26.7. The summed E-state index contributed by atoms with van der Waals surface area (Å²) in [5, 5.41) is 10.0. The molecule has 1 saturated carbocycles. The molecule has 0 bridgehead atoms. The zero-order chi connectivity index (χ0) is 25.8. The molecule has 1 aliphatic carbocycles. The zero-order valence-electron chi connectivity index (χ0n) is 20.7. The number of carbonyl (C=O) groups excluding carboxylic acids is 2. The minimum Gasteiger partial charge on any atom is -0.380 e. The molecule has 0 spiro atoms. The maximum atomic E-state index is 12.9. The molecule has 9 heteroatoms. The highest BCUT2D eigenvalue weighted by Gasteiger charge is 2.50. The van der Waals surface area contributed by atoms with Crippen LogP contribution in [0.15, 0.2) is 54.8 Å². The van der Waals surface area contributed by atoms with Gasteiger partial charge in [0.1, 0.15) is 5.60 Å². The van der Waals surface area contributed by atoms with Crippen LogP contribution in [0.4, 0.5) is 0 Å². The Morgan fingerprint density at radius 1 is 1.09 bits per heavy atom. The van der Waals surface area contributed by atoms with Gasteiger partial charge in [-0.15, -0.1) is 0 Å². The minimum absolute atomic E-state index is 0.000573. The third-order valence-electron chi connectivity index (χ3n) is 6.06. The van der Waals surface area contributed by atoms with Gasteiger partial charge in [-0.2, -0.15) is 0 Å². The van der Waals surface area contributed by atoms with Crippen LogP contribution in [0.25, 0.3) is 5.57 Å². The number of aliphatic hydroxyl groups is 1. The predicted molar refractivity (Wildman–Crippen MR) is 137 cm³/mol. The zero-order valence-corrected chi connectivity index (χ0v) is 21.5. The van der Waals surface area contributed by atoms with E-state index in [1.54, 1.807) is 34.1 Å². The van der Waals surface area contributed by atoms with Gasteiger partial charge in [-0.25, -0.2) is 8.42 Å². The summed E-state index contributed by atoms with van der Waals surface area (Å²) in [5.41, 5.74) is 1.47. The molecule has 1 aromatic rings. The lowest BCUT2D eigenvalue weighted by atomic mass is 10.0. The van der Waals surface area contributed by atoms with Gasteiger partial charge in [0.25, 0.3) is 11.8 Å². The molecule has 1 heterocycles. The summed E-state index contributed by atoms with van der Waals surface area (Å²) in [6.07, 6.45) is 5.89.